The molecule has 0 spiro atoms. The van der Waals surface area contributed by atoms with Gasteiger partial charge < -0.3 is 0 Å². The van der Waals surface area contributed by atoms with E-state index < -0.39 is 0 Å². The minimum absolute atomic E-state index is 0.0640. The van der Waals surface area contributed by atoms with Gasteiger partial charge in [0.1, 0.15) is 0 Å². The maximum atomic E-state index is 5.65. The van der Waals surface area contributed by atoms with Crippen LogP contribution in [-0.4, -0.2) is 26.9 Å². The monoisotopic (exact) mass is 187 g/mol. The molecule has 0 aromatic carbocycles. The van der Waals surface area contributed by atoms with Gasteiger partial charge in [0.25, 0.3) is 0 Å². The summed E-state index contributed by atoms with van der Waals surface area (Å²) < 4.78 is 0. The molecule has 8 heavy (non-hydrogen) atoms. The molecule has 0 rings (SSSR count). The highest BCUT2D eigenvalue weighted by Crippen LogP contribution is 2.13. The van der Waals surface area contributed by atoms with Gasteiger partial charge in [-0.15, -0.1) is 34.8 Å². The van der Waals surface area contributed by atoms with E-state index in [4.69, 9.17) is 34.8 Å². The summed E-state index contributed by atoms with van der Waals surface area (Å²) in [6, 6.07) is 0.683. The molecule has 0 heterocycles. The van der Waals surface area contributed by atoms with Crippen molar-refractivity contribution in [3.05, 3.63) is 0 Å². The standard InChI is InChI=1S/C4H6Cl3Si/c5-1-3(6)4(7)2-8/h3-4H,1-2H2. The Kier molecular flexibility index (Phi) is 5.59. The zero-order valence-electron chi connectivity index (χ0n) is 4.20. The molecule has 0 aromatic heterocycles. The van der Waals surface area contributed by atoms with Crippen molar-refractivity contribution in [1.82, 2.24) is 0 Å². The van der Waals surface area contributed by atoms with Gasteiger partial charge in [-0.3, -0.25) is 0 Å². The van der Waals surface area contributed by atoms with Gasteiger partial charge in [0.05, 0.1) is 5.38 Å². The summed E-state index contributed by atoms with van der Waals surface area (Å²) in [6.45, 7) is 0. The van der Waals surface area contributed by atoms with Gasteiger partial charge in [0.15, 0.2) is 0 Å². The third-order valence-corrected chi connectivity index (χ3v) is 2.97. The zero-order valence-corrected chi connectivity index (χ0v) is 7.47. The summed E-state index contributed by atoms with van der Waals surface area (Å²) in [7, 11) is 3.23. The number of halogens is 3. The Labute approximate surface area is 67.9 Å². The Hall–Kier alpha value is 1.09. The van der Waals surface area contributed by atoms with E-state index in [1.54, 1.807) is 0 Å². The van der Waals surface area contributed by atoms with Crippen LogP contribution in [0.1, 0.15) is 0 Å². The maximum Gasteiger partial charge on any atom is 0.0631 e. The quantitative estimate of drug-likeness (QED) is 0.470. The Morgan fingerprint density at radius 2 is 1.75 bits per heavy atom. The molecular weight excluding hydrogens is 182 g/mol. The fourth-order valence-electron chi connectivity index (χ4n) is 0.225. The topological polar surface area (TPSA) is 0 Å². The van der Waals surface area contributed by atoms with Crippen molar-refractivity contribution in [3.63, 3.8) is 0 Å². The lowest BCUT2D eigenvalue weighted by Crippen LogP contribution is -2.15. The highest BCUT2D eigenvalue weighted by molar-refractivity contribution is 6.35. The van der Waals surface area contributed by atoms with E-state index in [2.05, 4.69) is 10.2 Å². The van der Waals surface area contributed by atoms with Gasteiger partial charge in [-0.2, -0.15) is 0 Å². The third-order valence-electron chi connectivity index (χ3n) is 0.735. The number of hydrogen-bond donors (Lipinski definition) is 0. The van der Waals surface area contributed by atoms with Crippen molar-refractivity contribution in [3.8, 4) is 0 Å². The molecule has 0 fully saturated rings. The van der Waals surface area contributed by atoms with Crippen molar-refractivity contribution < 1.29 is 0 Å². The number of rotatable bonds is 3. The second kappa shape index (κ2) is 4.92. The molecule has 2 atom stereocenters. The predicted molar refractivity (Wildman–Crippen MR) is 40.6 cm³/mol. The Balaban J connectivity index is 3.29. The third kappa shape index (κ3) is 3.18. The van der Waals surface area contributed by atoms with Crippen LogP contribution >= 0.6 is 34.8 Å². The van der Waals surface area contributed by atoms with Crippen molar-refractivity contribution in [2.24, 2.45) is 0 Å². The molecule has 3 radical (unpaired) electrons. The average molecular weight is 189 g/mol. The molecule has 2 unspecified atom stereocenters. The van der Waals surface area contributed by atoms with Crippen LogP contribution in [0.3, 0.4) is 0 Å². The summed E-state index contributed by atoms with van der Waals surface area (Å²) in [4.78, 5) is 0. The minimum atomic E-state index is -0.129. The second-order valence-corrected chi connectivity index (χ2v) is 3.23. The largest absolute Gasteiger partial charge is 0.125 e. The molecule has 0 aliphatic rings. The van der Waals surface area contributed by atoms with Crippen molar-refractivity contribution in [2.75, 3.05) is 5.88 Å². The summed E-state index contributed by atoms with van der Waals surface area (Å²) in [6.07, 6.45) is 0. The number of alkyl halides is 3. The molecular formula is C4H6Cl3Si. The van der Waals surface area contributed by atoms with Crippen LogP contribution in [0.4, 0.5) is 0 Å². The first-order chi connectivity index (χ1) is 3.72. The summed E-state index contributed by atoms with van der Waals surface area (Å²) >= 11 is 16.7. The smallest absolute Gasteiger partial charge is 0.0631 e. The van der Waals surface area contributed by atoms with E-state index in [9.17, 15) is 0 Å². The highest BCUT2D eigenvalue weighted by atomic mass is 35.5. The lowest BCUT2D eigenvalue weighted by Gasteiger charge is -2.08. The normalized spacial score (nSPS) is 18.0. The van der Waals surface area contributed by atoms with Crippen molar-refractivity contribution >= 4 is 45.0 Å². The molecule has 0 nitrogen and oxygen atoms in total. The van der Waals surface area contributed by atoms with Crippen LogP contribution in [0.5, 0.6) is 0 Å². The van der Waals surface area contributed by atoms with Crippen molar-refractivity contribution in [2.45, 2.75) is 16.8 Å². The van der Waals surface area contributed by atoms with E-state index in [1.807, 2.05) is 0 Å². The Bertz CT molecular complexity index is 51.2. The first-order valence-electron chi connectivity index (χ1n) is 2.21. The fraction of sp³-hybridized carbons (Fsp3) is 1.00. The molecule has 0 saturated heterocycles. The van der Waals surface area contributed by atoms with Crippen LogP contribution in [0.15, 0.2) is 0 Å². The zero-order chi connectivity index (χ0) is 6.57. The van der Waals surface area contributed by atoms with E-state index >= 15 is 0 Å². The van der Waals surface area contributed by atoms with Crippen LogP contribution < -0.4 is 0 Å². The van der Waals surface area contributed by atoms with E-state index in [0.717, 1.165) is 0 Å². The second-order valence-electron chi connectivity index (χ2n) is 1.39. The van der Waals surface area contributed by atoms with Crippen LogP contribution in [0.25, 0.3) is 0 Å². The average Bonchev–Trinajstić information content (AvgIpc) is 1.84. The molecule has 0 saturated carbocycles. The Morgan fingerprint density at radius 1 is 1.25 bits per heavy atom. The molecule has 0 amide bonds. The van der Waals surface area contributed by atoms with Crippen LogP contribution in [0, 0.1) is 0 Å². The van der Waals surface area contributed by atoms with Gasteiger partial charge in [0, 0.05) is 21.5 Å². The summed E-state index contributed by atoms with van der Waals surface area (Å²) in [5.41, 5.74) is 0. The van der Waals surface area contributed by atoms with E-state index in [-0.39, 0.29) is 10.8 Å². The molecule has 47 valence electrons. The van der Waals surface area contributed by atoms with Crippen molar-refractivity contribution in [1.29, 1.82) is 0 Å². The lowest BCUT2D eigenvalue weighted by atomic mass is 10.4. The van der Waals surface area contributed by atoms with E-state index in [0.29, 0.717) is 11.9 Å². The van der Waals surface area contributed by atoms with E-state index in [1.165, 1.54) is 0 Å². The SMILES string of the molecule is [Si]CC(Cl)C(Cl)CCl. The molecule has 0 aliphatic carbocycles. The molecule has 0 bridgehead atoms. The predicted octanol–water partition coefficient (Wildman–Crippen LogP) is 2.03. The Morgan fingerprint density at radius 3 is 1.88 bits per heavy atom. The maximum absolute atomic E-state index is 5.65. The number of hydrogen-bond acceptors (Lipinski definition) is 0. The van der Waals surface area contributed by atoms with Gasteiger partial charge in [-0.25, -0.2) is 0 Å². The van der Waals surface area contributed by atoms with Crippen LogP contribution in [-0.2, 0) is 0 Å². The van der Waals surface area contributed by atoms with Gasteiger partial charge >= 0.3 is 0 Å². The minimum Gasteiger partial charge on any atom is -0.125 e. The summed E-state index contributed by atoms with van der Waals surface area (Å²) in [5, 5.41) is -0.193. The van der Waals surface area contributed by atoms with Gasteiger partial charge in [-0.1, -0.05) is 0 Å². The van der Waals surface area contributed by atoms with Crippen LogP contribution in [0.2, 0.25) is 6.04 Å². The fourth-order valence-corrected chi connectivity index (χ4v) is 1.14. The molecule has 4 heteroatoms. The highest BCUT2D eigenvalue weighted by Gasteiger charge is 2.11. The first kappa shape index (κ1) is 9.09. The lowest BCUT2D eigenvalue weighted by molar-refractivity contribution is 0.909. The first-order valence-corrected chi connectivity index (χ1v) is 4.32. The van der Waals surface area contributed by atoms with Gasteiger partial charge in [-0.05, 0) is 6.04 Å². The molecule has 0 aliphatic heterocycles. The molecule has 0 N–H and O–H groups in total. The summed E-state index contributed by atoms with van der Waals surface area (Å²) in [5.74, 6) is 0.403. The molecule has 0 aromatic rings. The van der Waals surface area contributed by atoms with Gasteiger partial charge in [0.2, 0.25) is 0 Å².